The van der Waals surface area contributed by atoms with Crippen LogP contribution in [0.1, 0.15) is 22.0 Å². The van der Waals surface area contributed by atoms with Gasteiger partial charge in [-0.1, -0.05) is 48.0 Å². The largest absolute Gasteiger partial charge is 0.444 e. The molecule has 0 aliphatic rings. The van der Waals surface area contributed by atoms with Crippen molar-refractivity contribution < 1.29 is 23.5 Å². The van der Waals surface area contributed by atoms with Crippen LogP contribution in [0.25, 0.3) is 0 Å². The Balaban J connectivity index is 2.31. The number of halogens is 2. The highest BCUT2D eigenvalue weighted by Gasteiger charge is 2.28. The first-order valence-corrected chi connectivity index (χ1v) is 7.54. The standard InChI is InChI=1S/C17H14ClFN2O4/c1-20-17(24)21-15(22)14(10-6-3-2-4-7-10)25-16(23)13-11(18)8-5-9-12(13)19/h2-9,14H,1H3,(H2,20,21,22,24)/t14-/m0/s1. The summed E-state index contributed by atoms with van der Waals surface area (Å²) in [5.74, 6) is -2.88. The number of hydrogen-bond donors (Lipinski definition) is 2. The van der Waals surface area contributed by atoms with Gasteiger partial charge in [-0.2, -0.15) is 0 Å². The molecule has 8 heteroatoms. The minimum absolute atomic E-state index is 0.150. The molecule has 1 atom stereocenters. The van der Waals surface area contributed by atoms with Crippen LogP contribution in [-0.2, 0) is 9.53 Å². The lowest BCUT2D eigenvalue weighted by molar-refractivity contribution is -0.129. The molecule has 2 N–H and O–H groups in total. The molecule has 0 radical (unpaired) electrons. The maximum Gasteiger partial charge on any atom is 0.343 e. The number of esters is 1. The Hall–Kier alpha value is -2.93. The fourth-order valence-electron chi connectivity index (χ4n) is 2.00. The zero-order valence-corrected chi connectivity index (χ0v) is 13.8. The summed E-state index contributed by atoms with van der Waals surface area (Å²) in [6.45, 7) is 0. The molecule has 0 unspecified atom stereocenters. The molecule has 0 spiro atoms. The van der Waals surface area contributed by atoms with Crippen molar-refractivity contribution in [3.05, 3.63) is 70.5 Å². The predicted octanol–water partition coefficient (Wildman–Crippen LogP) is 2.83. The van der Waals surface area contributed by atoms with Crippen molar-refractivity contribution in [3.63, 3.8) is 0 Å². The molecule has 6 nitrogen and oxygen atoms in total. The van der Waals surface area contributed by atoms with Crippen LogP contribution < -0.4 is 10.6 Å². The fraction of sp³-hybridized carbons (Fsp3) is 0.118. The molecule has 25 heavy (non-hydrogen) atoms. The van der Waals surface area contributed by atoms with Crippen LogP contribution >= 0.6 is 11.6 Å². The third kappa shape index (κ3) is 4.54. The first-order chi connectivity index (χ1) is 11.9. The van der Waals surface area contributed by atoms with Crippen LogP contribution in [-0.4, -0.2) is 25.0 Å². The van der Waals surface area contributed by atoms with E-state index in [9.17, 15) is 18.8 Å². The lowest BCUT2D eigenvalue weighted by atomic mass is 10.1. The number of rotatable bonds is 4. The van der Waals surface area contributed by atoms with Gasteiger partial charge in [0.15, 0.2) is 0 Å². The SMILES string of the molecule is CNC(=O)NC(=O)[C@@H](OC(=O)c1c(F)cccc1Cl)c1ccccc1. The van der Waals surface area contributed by atoms with E-state index in [1.54, 1.807) is 18.2 Å². The number of carbonyl (C=O) groups excluding carboxylic acids is 3. The van der Waals surface area contributed by atoms with Crippen molar-refractivity contribution in [1.29, 1.82) is 0 Å². The van der Waals surface area contributed by atoms with Crippen molar-refractivity contribution in [2.45, 2.75) is 6.10 Å². The van der Waals surface area contributed by atoms with Gasteiger partial charge in [0.1, 0.15) is 11.4 Å². The van der Waals surface area contributed by atoms with Gasteiger partial charge in [-0.3, -0.25) is 10.1 Å². The van der Waals surface area contributed by atoms with Gasteiger partial charge in [-0.15, -0.1) is 0 Å². The normalized spacial score (nSPS) is 11.3. The van der Waals surface area contributed by atoms with E-state index in [1.165, 1.54) is 31.3 Å². The number of amides is 3. The van der Waals surface area contributed by atoms with Crippen LogP contribution in [0.5, 0.6) is 0 Å². The average Bonchev–Trinajstić information content (AvgIpc) is 2.60. The van der Waals surface area contributed by atoms with Gasteiger partial charge in [0.2, 0.25) is 6.10 Å². The number of imide groups is 1. The van der Waals surface area contributed by atoms with E-state index >= 15 is 0 Å². The summed E-state index contributed by atoms with van der Waals surface area (Å²) in [7, 11) is 1.32. The van der Waals surface area contributed by atoms with Crippen molar-refractivity contribution in [2.75, 3.05) is 7.05 Å². The number of benzene rings is 2. The molecule has 2 aromatic rings. The van der Waals surface area contributed by atoms with Gasteiger partial charge >= 0.3 is 12.0 Å². The Morgan fingerprint density at radius 1 is 1.08 bits per heavy atom. The number of nitrogens with one attached hydrogen (secondary N) is 2. The Morgan fingerprint density at radius 3 is 2.36 bits per heavy atom. The summed E-state index contributed by atoms with van der Waals surface area (Å²) >= 11 is 5.83. The first-order valence-electron chi connectivity index (χ1n) is 7.16. The van der Waals surface area contributed by atoms with Gasteiger partial charge in [-0.05, 0) is 12.1 Å². The second kappa shape index (κ2) is 8.25. The summed E-state index contributed by atoms with van der Waals surface area (Å²) < 4.78 is 19.0. The highest BCUT2D eigenvalue weighted by Crippen LogP contribution is 2.24. The van der Waals surface area contributed by atoms with Gasteiger partial charge in [0.05, 0.1) is 5.02 Å². The van der Waals surface area contributed by atoms with Gasteiger partial charge in [-0.25, -0.2) is 14.0 Å². The molecule has 0 bridgehead atoms. The molecule has 3 amide bonds. The zero-order valence-electron chi connectivity index (χ0n) is 13.1. The smallest absolute Gasteiger partial charge is 0.343 e. The topological polar surface area (TPSA) is 84.5 Å². The summed E-state index contributed by atoms with van der Waals surface area (Å²) in [4.78, 5) is 35.9. The van der Waals surface area contributed by atoms with Crippen LogP contribution in [0.4, 0.5) is 9.18 Å². The third-order valence-corrected chi connectivity index (χ3v) is 3.51. The molecule has 130 valence electrons. The molecular weight excluding hydrogens is 351 g/mol. The van der Waals surface area contributed by atoms with Gasteiger partial charge in [0, 0.05) is 12.6 Å². The van der Waals surface area contributed by atoms with Gasteiger partial charge in [0.25, 0.3) is 5.91 Å². The van der Waals surface area contributed by atoms with Crippen LogP contribution in [0.3, 0.4) is 0 Å². The summed E-state index contributed by atoms with van der Waals surface area (Å²) in [5, 5.41) is 4.08. The third-order valence-electron chi connectivity index (χ3n) is 3.20. The minimum Gasteiger partial charge on any atom is -0.444 e. The Morgan fingerprint density at radius 2 is 1.76 bits per heavy atom. The van der Waals surface area contributed by atoms with E-state index in [0.717, 1.165) is 6.07 Å². The maximum absolute atomic E-state index is 13.9. The Labute approximate surface area is 147 Å². The van der Waals surface area contributed by atoms with E-state index in [-0.39, 0.29) is 5.02 Å². The highest BCUT2D eigenvalue weighted by molar-refractivity contribution is 6.33. The van der Waals surface area contributed by atoms with E-state index in [2.05, 4.69) is 5.32 Å². The van der Waals surface area contributed by atoms with E-state index < -0.39 is 35.4 Å². The summed E-state index contributed by atoms with van der Waals surface area (Å²) in [6, 6.07) is 10.9. The predicted molar refractivity (Wildman–Crippen MR) is 88.6 cm³/mol. The molecule has 2 rings (SSSR count). The number of carbonyl (C=O) groups is 3. The molecule has 0 saturated heterocycles. The monoisotopic (exact) mass is 364 g/mol. The molecule has 2 aromatic carbocycles. The quantitative estimate of drug-likeness (QED) is 0.817. The zero-order chi connectivity index (χ0) is 18.4. The lowest BCUT2D eigenvalue weighted by Gasteiger charge is -2.18. The molecule has 0 aromatic heterocycles. The van der Waals surface area contributed by atoms with Crippen LogP contribution in [0.2, 0.25) is 5.02 Å². The number of urea groups is 1. The van der Waals surface area contributed by atoms with E-state index in [0.29, 0.717) is 5.56 Å². The average molecular weight is 365 g/mol. The van der Waals surface area contributed by atoms with Crippen molar-refractivity contribution >= 4 is 29.5 Å². The summed E-state index contributed by atoms with van der Waals surface area (Å²) in [5.41, 5.74) is -0.178. The molecule has 0 saturated carbocycles. The van der Waals surface area contributed by atoms with Crippen molar-refractivity contribution in [3.8, 4) is 0 Å². The van der Waals surface area contributed by atoms with Crippen molar-refractivity contribution in [2.24, 2.45) is 0 Å². The molecule has 0 aliphatic carbocycles. The molecule has 0 fully saturated rings. The second-order valence-corrected chi connectivity index (χ2v) is 5.27. The Bertz CT molecular complexity index is 778. The molecule has 0 aliphatic heterocycles. The number of hydrogen-bond acceptors (Lipinski definition) is 4. The molecule has 0 heterocycles. The maximum atomic E-state index is 13.9. The minimum atomic E-state index is -1.46. The molecular formula is C17H14ClFN2O4. The van der Waals surface area contributed by atoms with Crippen molar-refractivity contribution in [1.82, 2.24) is 10.6 Å². The van der Waals surface area contributed by atoms with Crippen LogP contribution in [0, 0.1) is 5.82 Å². The lowest BCUT2D eigenvalue weighted by Crippen LogP contribution is -2.41. The second-order valence-electron chi connectivity index (χ2n) is 4.86. The first kappa shape index (κ1) is 18.4. The van der Waals surface area contributed by atoms with Gasteiger partial charge < -0.3 is 10.1 Å². The Kier molecular flexibility index (Phi) is 6.08. The summed E-state index contributed by atoms with van der Waals surface area (Å²) in [6.07, 6.45) is -1.46. The fourth-order valence-corrected chi connectivity index (χ4v) is 2.24. The van der Waals surface area contributed by atoms with Crippen LogP contribution in [0.15, 0.2) is 48.5 Å². The van der Waals surface area contributed by atoms with E-state index in [1.807, 2.05) is 5.32 Å². The highest BCUT2D eigenvalue weighted by atomic mass is 35.5. The van der Waals surface area contributed by atoms with E-state index in [4.69, 9.17) is 16.3 Å². The number of ether oxygens (including phenoxy) is 1.